The van der Waals surface area contributed by atoms with E-state index < -0.39 is 17.0 Å². The van der Waals surface area contributed by atoms with Gasteiger partial charge < -0.3 is 15.0 Å². The fourth-order valence-electron chi connectivity index (χ4n) is 7.03. The maximum absolute atomic E-state index is 15.1. The number of carbonyl (C=O) groups excluding carboxylic acids is 1. The van der Waals surface area contributed by atoms with Crippen LogP contribution in [0.4, 0.5) is 20.2 Å². The Kier molecular flexibility index (Phi) is 9.70. The van der Waals surface area contributed by atoms with Crippen LogP contribution in [-0.2, 0) is 21.5 Å². The molecule has 1 aliphatic carbocycles. The fourth-order valence-corrected chi connectivity index (χ4v) is 7.03. The van der Waals surface area contributed by atoms with Crippen LogP contribution in [0.5, 0.6) is 0 Å². The predicted molar refractivity (Wildman–Crippen MR) is 175 cm³/mol. The van der Waals surface area contributed by atoms with Crippen molar-refractivity contribution < 1.29 is 18.3 Å². The molecule has 0 radical (unpaired) electrons. The number of aliphatic imine (C=N–C) groups is 1. The molecule has 0 spiro atoms. The van der Waals surface area contributed by atoms with Gasteiger partial charge in [0.1, 0.15) is 24.3 Å². The molecule has 9 nitrogen and oxygen atoms in total. The molecule has 6 rings (SSSR count). The van der Waals surface area contributed by atoms with Gasteiger partial charge in [0.2, 0.25) is 5.91 Å². The number of amides is 1. The number of hydrogen-bond donors (Lipinski definition) is 1. The van der Waals surface area contributed by atoms with E-state index in [1.807, 2.05) is 12.1 Å². The molecule has 1 amide bonds. The summed E-state index contributed by atoms with van der Waals surface area (Å²) in [5, 5.41) is 7.97. The van der Waals surface area contributed by atoms with Crippen molar-refractivity contribution in [3.8, 4) is 0 Å². The average Bonchev–Trinajstić information content (AvgIpc) is 3.70. The zero-order valence-corrected chi connectivity index (χ0v) is 26.4. The number of benzene rings is 2. The summed E-state index contributed by atoms with van der Waals surface area (Å²) in [5.41, 5.74) is 3.00. The first kappa shape index (κ1) is 31.7. The molecule has 11 heteroatoms. The number of carbonyl (C=O) groups is 1. The zero-order valence-electron chi connectivity index (χ0n) is 26.4. The normalized spacial score (nSPS) is 24.8. The van der Waals surface area contributed by atoms with Gasteiger partial charge in [-0.3, -0.25) is 19.4 Å². The molecular formula is C35H41F2N7O2. The SMILES string of the molecule is CN=CN(C(C)=O)c1ccc(N2CCNC3C=CC(CC[C@H]4C[C@](Cn5cncn5)(c5ccc(F)cc5F)CO4)=CC3CC2)cc1. The zero-order chi connectivity index (χ0) is 32.1. The monoisotopic (exact) mass is 629 g/mol. The molecule has 3 aromatic rings. The van der Waals surface area contributed by atoms with Crippen LogP contribution in [0.15, 0.2) is 83.9 Å². The van der Waals surface area contributed by atoms with Crippen LogP contribution >= 0.6 is 0 Å². The first-order valence-electron chi connectivity index (χ1n) is 15.9. The predicted octanol–water partition coefficient (Wildman–Crippen LogP) is 5.06. The van der Waals surface area contributed by atoms with Crippen LogP contribution in [0.1, 0.15) is 38.2 Å². The molecule has 2 aliphatic heterocycles. The second-order valence-corrected chi connectivity index (χ2v) is 12.5. The molecule has 0 saturated carbocycles. The quantitative estimate of drug-likeness (QED) is 0.263. The van der Waals surface area contributed by atoms with Crippen molar-refractivity contribution in [2.75, 3.05) is 43.1 Å². The van der Waals surface area contributed by atoms with E-state index in [-0.39, 0.29) is 12.0 Å². The summed E-state index contributed by atoms with van der Waals surface area (Å²) in [6.07, 6.45) is 14.8. The third kappa shape index (κ3) is 7.10. The van der Waals surface area contributed by atoms with Crippen LogP contribution in [0.25, 0.3) is 0 Å². The number of nitrogens with one attached hydrogen (secondary N) is 1. The summed E-state index contributed by atoms with van der Waals surface area (Å²) in [5.74, 6) is -0.870. The molecule has 2 fully saturated rings. The largest absolute Gasteiger partial charge is 0.377 e. The molecule has 1 aromatic heterocycles. The van der Waals surface area contributed by atoms with Gasteiger partial charge in [-0.15, -0.1) is 0 Å². The number of allylic oxidation sites excluding steroid dienone is 2. The van der Waals surface area contributed by atoms with Gasteiger partial charge >= 0.3 is 0 Å². The van der Waals surface area contributed by atoms with Crippen molar-refractivity contribution in [3.05, 3.63) is 96.1 Å². The molecule has 1 N–H and O–H groups in total. The first-order valence-corrected chi connectivity index (χ1v) is 15.9. The number of hydrogen-bond acceptors (Lipinski definition) is 7. The van der Waals surface area contributed by atoms with E-state index in [1.54, 1.807) is 29.0 Å². The highest BCUT2D eigenvalue weighted by molar-refractivity contribution is 6.07. The highest BCUT2D eigenvalue weighted by Gasteiger charge is 2.44. The first-order chi connectivity index (χ1) is 22.3. The average molecular weight is 630 g/mol. The van der Waals surface area contributed by atoms with Gasteiger partial charge in [-0.1, -0.05) is 29.9 Å². The lowest BCUT2D eigenvalue weighted by molar-refractivity contribution is -0.115. The van der Waals surface area contributed by atoms with Crippen LogP contribution in [0.2, 0.25) is 0 Å². The van der Waals surface area contributed by atoms with Gasteiger partial charge in [-0.05, 0) is 67.5 Å². The van der Waals surface area contributed by atoms with Crippen molar-refractivity contribution >= 4 is 23.6 Å². The Hall–Kier alpha value is -4.22. The lowest BCUT2D eigenvalue weighted by Crippen LogP contribution is -2.45. The summed E-state index contributed by atoms with van der Waals surface area (Å²) >= 11 is 0. The smallest absolute Gasteiger partial charge is 0.229 e. The van der Waals surface area contributed by atoms with Crippen molar-refractivity contribution in [2.45, 2.75) is 56.7 Å². The Bertz CT molecular complexity index is 1590. The molecule has 0 bridgehead atoms. The maximum atomic E-state index is 15.1. The minimum atomic E-state index is -0.656. The minimum absolute atomic E-state index is 0.0588. The third-order valence-corrected chi connectivity index (χ3v) is 9.37. The van der Waals surface area contributed by atoms with E-state index in [4.69, 9.17) is 4.74 Å². The van der Waals surface area contributed by atoms with E-state index in [0.717, 1.165) is 56.3 Å². The van der Waals surface area contributed by atoms with E-state index in [2.05, 4.69) is 55.7 Å². The number of rotatable bonds is 9. The van der Waals surface area contributed by atoms with Crippen LogP contribution in [0, 0.1) is 17.6 Å². The number of nitrogens with zero attached hydrogens (tertiary/aromatic N) is 6. The second-order valence-electron chi connectivity index (χ2n) is 12.5. The second kappa shape index (κ2) is 14.0. The van der Waals surface area contributed by atoms with Gasteiger partial charge in [0, 0.05) is 62.5 Å². The summed E-state index contributed by atoms with van der Waals surface area (Å²) < 4.78 is 36.8. The Morgan fingerprint density at radius 1 is 1.22 bits per heavy atom. The Labute approximate surface area is 268 Å². The van der Waals surface area contributed by atoms with Crippen LogP contribution < -0.4 is 15.1 Å². The van der Waals surface area contributed by atoms with E-state index in [0.29, 0.717) is 37.1 Å². The molecule has 3 aliphatic rings. The molecule has 2 unspecified atom stereocenters. The minimum Gasteiger partial charge on any atom is -0.377 e. The van der Waals surface area contributed by atoms with Crippen LogP contribution in [-0.4, -0.2) is 72.4 Å². The Morgan fingerprint density at radius 2 is 2.07 bits per heavy atom. The molecule has 46 heavy (non-hydrogen) atoms. The number of fused-ring (bicyclic) bond motifs is 1. The standard InChI is InChI=1S/C35H41F2N7O2/c1-25(45)44(23-38-2)30-8-6-29(7-9-30)42-15-13-27-17-26(4-12-34(27)40-14-16-42)3-10-31-19-35(21-46-31,20-43-24-39-22-41-43)32-11-5-28(36)18-33(32)37/h4-9,11-12,17-18,22-24,27,31,34,40H,3,10,13-16,19-21H2,1-2H3/t27?,31-,34?,35+/m0/s1. The molecule has 242 valence electrons. The highest BCUT2D eigenvalue weighted by Crippen LogP contribution is 2.41. The molecule has 2 saturated heterocycles. The van der Waals surface area contributed by atoms with E-state index in [1.165, 1.54) is 31.2 Å². The Balaban J connectivity index is 1.08. The van der Waals surface area contributed by atoms with Gasteiger partial charge in [0.15, 0.2) is 0 Å². The lowest BCUT2D eigenvalue weighted by atomic mass is 9.77. The van der Waals surface area contributed by atoms with Gasteiger partial charge in [0.25, 0.3) is 0 Å². The number of ether oxygens (including phenoxy) is 1. The summed E-state index contributed by atoms with van der Waals surface area (Å²) in [4.78, 5) is 24.0. The van der Waals surface area contributed by atoms with Crippen LogP contribution in [0.3, 0.4) is 0 Å². The molecular weight excluding hydrogens is 588 g/mol. The highest BCUT2D eigenvalue weighted by atomic mass is 19.1. The Morgan fingerprint density at radius 3 is 2.80 bits per heavy atom. The van der Waals surface area contributed by atoms with Gasteiger partial charge in [-0.25, -0.2) is 13.8 Å². The van der Waals surface area contributed by atoms with Crippen molar-refractivity contribution in [3.63, 3.8) is 0 Å². The fraction of sp³-hybridized carbons (Fsp3) is 0.429. The summed E-state index contributed by atoms with van der Waals surface area (Å²) in [6, 6.07) is 12.2. The molecule has 4 atom stereocenters. The summed E-state index contributed by atoms with van der Waals surface area (Å²) in [6.45, 7) is 4.95. The number of aromatic nitrogens is 3. The van der Waals surface area contributed by atoms with Crippen molar-refractivity contribution in [1.29, 1.82) is 0 Å². The van der Waals surface area contributed by atoms with Crippen molar-refractivity contribution in [1.82, 2.24) is 20.1 Å². The summed E-state index contributed by atoms with van der Waals surface area (Å²) in [7, 11) is 1.65. The van der Waals surface area contributed by atoms with E-state index in [9.17, 15) is 9.18 Å². The molecule has 2 aromatic carbocycles. The maximum Gasteiger partial charge on any atom is 0.229 e. The third-order valence-electron chi connectivity index (χ3n) is 9.37. The van der Waals surface area contributed by atoms with Gasteiger partial charge in [-0.2, -0.15) is 5.10 Å². The topological polar surface area (TPSA) is 87.9 Å². The number of anilines is 2. The van der Waals surface area contributed by atoms with E-state index >= 15 is 4.39 Å². The molecule has 3 heterocycles. The van der Waals surface area contributed by atoms with Gasteiger partial charge in [0.05, 0.1) is 25.6 Å². The van der Waals surface area contributed by atoms with Crippen molar-refractivity contribution in [2.24, 2.45) is 10.9 Å². The number of halogens is 2. The lowest BCUT2D eigenvalue weighted by Gasteiger charge is -2.35.